The number of carbonyl (C=O) groups is 2. The smallest absolute Gasteiger partial charge is 0.251 e. The Balaban J connectivity index is 1.45. The summed E-state index contributed by atoms with van der Waals surface area (Å²) in [5.41, 5.74) is 1.57. The molecule has 1 unspecified atom stereocenters. The second-order valence-corrected chi connectivity index (χ2v) is 9.01. The lowest BCUT2D eigenvalue weighted by Gasteiger charge is -2.25. The molecular formula is C22H25N5O3S. The van der Waals surface area contributed by atoms with E-state index in [0.717, 1.165) is 18.4 Å². The molecule has 2 amide bonds. The normalized spacial score (nSPS) is 14.3. The van der Waals surface area contributed by atoms with Crippen molar-refractivity contribution in [2.45, 2.75) is 49.3 Å². The molecule has 3 aromatic rings. The van der Waals surface area contributed by atoms with E-state index >= 15 is 0 Å². The second kappa shape index (κ2) is 9.38. The molecule has 0 aliphatic heterocycles. The number of hydrogen-bond acceptors (Lipinski definition) is 6. The van der Waals surface area contributed by atoms with Crippen molar-refractivity contribution in [2.75, 3.05) is 0 Å². The predicted molar refractivity (Wildman–Crippen MR) is 116 cm³/mol. The molecule has 0 bridgehead atoms. The molecule has 1 fully saturated rings. The molecule has 8 nitrogen and oxygen atoms in total. The molecule has 0 spiro atoms. The number of hydrogen-bond donors (Lipinski definition) is 1. The van der Waals surface area contributed by atoms with Crippen molar-refractivity contribution >= 4 is 23.6 Å². The molecule has 162 valence electrons. The highest BCUT2D eigenvalue weighted by Crippen LogP contribution is 2.24. The third-order valence-electron chi connectivity index (χ3n) is 5.04. The summed E-state index contributed by atoms with van der Waals surface area (Å²) < 4.78 is 7.26. The molecule has 0 saturated heterocycles. The van der Waals surface area contributed by atoms with Crippen molar-refractivity contribution in [1.82, 2.24) is 25.0 Å². The first kappa shape index (κ1) is 21.2. The van der Waals surface area contributed by atoms with E-state index in [1.165, 1.54) is 11.8 Å². The molecule has 2 aromatic heterocycles. The van der Waals surface area contributed by atoms with Crippen LogP contribution in [0, 0.1) is 0 Å². The standard InChI is InChI=1S/C22H25N5O3S/c1-15(31-22-25-23-14-26(22)2)21(29)27(13-19-4-3-11-30-19)12-16-5-7-17(8-6-16)20(28)24-18-9-10-18/h3-8,11,14-15,18H,9-10,12-13H2,1-2H3,(H,24,28). The van der Waals surface area contributed by atoms with Gasteiger partial charge >= 0.3 is 0 Å². The highest BCUT2D eigenvalue weighted by Gasteiger charge is 2.25. The third-order valence-corrected chi connectivity index (χ3v) is 6.18. The molecule has 1 atom stereocenters. The average Bonchev–Trinajstić information content (AvgIpc) is 3.25. The molecule has 4 rings (SSSR count). The van der Waals surface area contributed by atoms with Crippen LogP contribution in [0.2, 0.25) is 0 Å². The number of furan rings is 1. The lowest BCUT2D eigenvalue weighted by atomic mass is 10.1. The number of nitrogens with zero attached hydrogens (tertiary/aromatic N) is 4. The van der Waals surface area contributed by atoms with Crippen LogP contribution in [0.25, 0.3) is 0 Å². The molecule has 2 heterocycles. The summed E-state index contributed by atoms with van der Waals surface area (Å²) in [6, 6.07) is 11.4. The van der Waals surface area contributed by atoms with Crippen LogP contribution in [-0.4, -0.2) is 42.8 Å². The molecule has 1 aromatic carbocycles. The van der Waals surface area contributed by atoms with Gasteiger partial charge in [0, 0.05) is 25.2 Å². The summed E-state index contributed by atoms with van der Waals surface area (Å²) in [5.74, 6) is 0.635. The van der Waals surface area contributed by atoms with Gasteiger partial charge in [0.15, 0.2) is 5.16 Å². The molecule has 9 heteroatoms. The Kier molecular flexibility index (Phi) is 6.41. The van der Waals surface area contributed by atoms with Gasteiger partial charge in [0.05, 0.1) is 18.1 Å². The lowest BCUT2D eigenvalue weighted by Crippen LogP contribution is -2.35. The van der Waals surface area contributed by atoms with Crippen molar-refractivity contribution in [2.24, 2.45) is 7.05 Å². The van der Waals surface area contributed by atoms with Gasteiger partial charge in [0.2, 0.25) is 5.91 Å². The summed E-state index contributed by atoms with van der Waals surface area (Å²) in [4.78, 5) is 27.2. The summed E-state index contributed by atoms with van der Waals surface area (Å²) in [7, 11) is 1.85. The molecule has 1 aliphatic carbocycles. The minimum atomic E-state index is -0.346. The van der Waals surface area contributed by atoms with Crippen molar-refractivity contribution in [1.29, 1.82) is 0 Å². The van der Waals surface area contributed by atoms with E-state index in [0.29, 0.717) is 35.6 Å². The fourth-order valence-corrected chi connectivity index (χ4v) is 4.00. The van der Waals surface area contributed by atoms with E-state index in [1.54, 1.807) is 34.2 Å². The summed E-state index contributed by atoms with van der Waals surface area (Å²) in [5, 5.41) is 11.3. The Morgan fingerprint density at radius 3 is 2.65 bits per heavy atom. The van der Waals surface area contributed by atoms with E-state index in [2.05, 4.69) is 15.5 Å². The second-order valence-electron chi connectivity index (χ2n) is 7.70. The molecule has 31 heavy (non-hydrogen) atoms. The molecule has 0 radical (unpaired) electrons. The third kappa shape index (κ3) is 5.55. The summed E-state index contributed by atoms with van der Waals surface area (Å²) >= 11 is 1.37. The van der Waals surface area contributed by atoms with Crippen LogP contribution in [0.3, 0.4) is 0 Å². The number of aromatic nitrogens is 3. The maximum Gasteiger partial charge on any atom is 0.251 e. The van der Waals surface area contributed by atoms with E-state index in [4.69, 9.17) is 4.42 Å². The predicted octanol–water partition coefficient (Wildman–Crippen LogP) is 3.01. The monoisotopic (exact) mass is 439 g/mol. The Morgan fingerprint density at radius 1 is 1.26 bits per heavy atom. The Hall–Kier alpha value is -3.07. The molecule has 1 saturated carbocycles. The van der Waals surface area contributed by atoms with Crippen LogP contribution in [0.1, 0.15) is 41.4 Å². The van der Waals surface area contributed by atoms with Gasteiger partial charge in [-0.25, -0.2) is 0 Å². The Morgan fingerprint density at radius 2 is 2.03 bits per heavy atom. The Labute approximate surface area is 185 Å². The molecule has 1 aliphatic rings. The quantitative estimate of drug-likeness (QED) is 0.515. The van der Waals surface area contributed by atoms with Crippen molar-refractivity contribution in [3.8, 4) is 0 Å². The van der Waals surface area contributed by atoms with Crippen molar-refractivity contribution in [3.63, 3.8) is 0 Å². The fourth-order valence-electron chi connectivity index (χ4n) is 3.13. The largest absolute Gasteiger partial charge is 0.467 e. The highest BCUT2D eigenvalue weighted by atomic mass is 32.2. The van der Waals surface area contributed by atoms with E-state index in [-0.39, 0.29) is 17.1 Å². The van der Waals surface area contributed by atoms with Gasteiger partial charge in [-0.15, -0.1) is 10.2 Å². The zero-order valence-electron chi connectivity index (χ0n) is 17.5. The van der Waals surface area contributed by atoms with Crippen LogP contribution < -0.4 is 5.32 Å². The van der Waals surface area contributed by atoms with Gasteiger partial charge in [-0.2, -0.15) is 0 Å². The zero-order chi connectivity index (χ0) is 21.8. The van der Waals surface area contributed by atoms with Crippen molar-refractivity contribution < 1.29 is 14.0 Å². The minimum absolute atomic E-state index is 0.0278. The van der Waals surface area contributed by atoms with Gasteiger partial charge in [0.25, 0.3) is 5.91 Å². The van der Waals surface area contributed by atoms with Crippen LogP contribution in [-0.2, 0) is 24.9 Å². The summed E-state index contributed by atoms with van der Waals surface area (Å²) in [6.07, 6.45) is 5.32. The van der Waals surface area contributed by atoms with Gasteiger partial charge in [-0.1, -0.05) is 23.9 Å². The van der Waals surface area contributed by atoms with E-state index < -0.39 is 0 Å². The number of aryl methyl sites for hydroxylation is 1. The average molecular weight is 440 g/mol. The topological polar surface area (TPSA) is 93.3 Å². The highest BCUT2D eigenvalue weighted by molar-refractivity contribution is 8.00. The van der Waals surface area contributed by atoms with Crippen LogP contribution in [0.4, 0.5) is 0 Å². The first-order valence-corrected chi connectivity index (χ1v) is 11.1. The van der Waals surface area contributed by atoms with Gasteiger partial charge in [0.1, 0.15) is 12.1 Å². The number of carbonyl (C=O) groups excluding carboxylic acids is 2. The van der Waals surface area contributed by atoms with Gasteiger partial charge < -0.3 is 19.2 Å². The van der Waals surface area contributed by atoms with E-state index in [1.807, 2.05) is 38.2 Å². The number of rotatable bonds is 9. The number of thioether (sulfide) groups is 1. The summed E-state index contributed by atoms with van der Waals surface area (Å²) in [6.45, 7) is 2.63. The van der Waals surface area contributed by atoms with E-state index in [9.17, 15) is 9.59 Å². The van der Waals surface area contributed by atoms with Gasteiger partial charge in [-0.05, 0) is 49.6 Å². The number of nitrogens with one attached hydrogen (secondary N) is 1. The molecular weight excluding hydrogens is 414 g/mol. The number of benzene rings is 1. The maximum atomic E-state index is 13.3. The van der Waals surface area contributed by atoms with Crippen molar-refractivity contribution in [3.05, 3.63) is 65.9 Å². The maximum absolute atomic E-state index is 13.3. The molecule has 1 N–H and O–H groups in total. The Bertz CT molecular complexity index is 1030. The van der Waals surface area contributed by atoms with Crippen LogP contribution in [0.15, 0.2) is 58.6 Å². The number of amides is 2. The first-order chi connectivity index (χ1) is 15.0. The van der Waals surface area contributed by atoms with Gasteiger partial charge in [-0.3, -0.25) is 9.59 Å². The van der Waals surface area contributed by atoms with Crippen LogP contribution in [0.5, 0.6) is 0 Å². The SMILES string of the molecule is CC(Sc1nncn1C)C(=O)N(Cc1ccc(C(=O)NC2CC2)cc1)Cc1ccco1. The zero-order valence-corrected chi connectivity index (χ0v) is 18.3. The fraction of sp³-hybridized carbons (Fsp3) is 0.364. The minimum Gasteiger partial charge on any atom is -0.467 e. The lowest BCUT2D eigenvalue weighted by molar-refractivity contribution is -0.131. The first-order valence-electron chi connectivity index (χ1n) is 10.2. The van der Waals surface area contributed by atoms with Crippen LogP contribution >= 0.6 is 11.8 Å².